The van der Waals surface area contributed by atoms with Gasteiger partial charge in [0.05, 0.1) is 6.61 Å². The highest BCUT2D eigenvalue weighted by Crippen LogP contribution is 2.28. The van der Waals surface area contributed by atoms with E-state index >= 15 is 0 Å². The zero-order chi connectivity index (χ0) is 14.7. The van der Waals surface area contributed by atoms with Crippen LogP contribution in [-0.4, -0.2) is 6.61 Å². The van der Waals surface area contributed by atoms with E-state index < -0.39 is 0 Å². The van der Waals surface area contributed by atoms with E-state index in [1.807, 2.05) is 24.3 Å². The first-order chi connectivity index (χ1) is 10.3. The maximum absolute atomic E-state index is 6.03. The van der Waals surface area contributed by atoms with E-state index in [0.29, 0.717) is 0 Å². The first kappa shape index (κ1) is 13.9. The Bertz CT molecular complexity index is 627. The summed E-state index contributed by atoms with van der Waals surface area (Å²) in [7, 11) is 0. The number of para-hydroxylation sites is 1. The Morgan fingerprint density at radius 3 is 2.86 bits per heavy atom. The number of hydrogen-bond acceptors (Lipinski definition) is 4. The molecule has 21 heavy (non-hydrogen) atoms. The summed E-state index contributed by atoms with van der Waals surface area (Å²) in [6.07, 6.45) is 2.87. The number of benzene rings is 2. The van der Waals surface area contributed by atoms with Gasteiger partial charge >= 0.3 is 0 Å². The lowest BCUT2D eigenvalue weighted by Gasteiger charge is -2.18. The van der Waals surface area contributed by atoms with Crippen molar-refractivity contribution in [2.24, 2.45) is 5.84 Å². The van der Waals surface area contributed by atoms with Crippen molar-refractivity contribution in [1.29, 1.82) is 0 Å². The van der Waals surface area contributed by atoms with Crippen molar-refractivity contribution in [3.8, 4) is 5.75 Å². The molecule has 0 saturated carbocycles. The number of aryl methyl sites for hydroxylation is 1. The highest BCUT2D eigenvalue weighted by Gasteiger charge is 2.15. The van der Waals surface area contributed by atoms with Crippen LogP contribution < -0.4 is 21.7 Å². The molecule has 0 saturated heterocycles. The van der Waals surface area contributed by atoms with Crippen LogP contribution in [0.25, 0.3) is 0 Å². The average molecular weight is 283 g/mol. The molecule has 5 N–H and O–H groups in total. The van der Waals surface area contributed by atoms with Crippen molar-refractivity contribution in [2.75, 3.05) is 12.3 Å². The lowest BCUT2D eigenvalue weighted by Crippen LogP contribution is -2.29. The van der Waals surface area contributed by atoms with Gasteiger partial charge in [-0.25, -0.2) is 0 Å². The van der Waals surface area contributed by atoms with Crippen LogP contribution in [0.1, 0.15) is 29.2 Å². The van der Waals surface area contributed by atoms with Crippen LogP contribution in [0.4, 0.5) is 5.69 Å². The molecule has 1 aliphatic heterocycles. The summed E-state index contributed by atoms with van der Waals surface area (Å²) >= 11 is 0. The third kappa shape index (κ3) is 3.01. The molecular formula is C17H21N3O. The molecule has 1 aliphatic rings. The monoisotopic (exact) mass is 283 g/mol. The predicted octanol–water partition coefficient (Wildman–Crippen LogP) is 2.34. The van der Waals surface area contributed by atoms with Crippen molar-refractivity contribution < 1.29 is 4.74 Å². The molecule has 2 aromatic carbocycles. The second-order valence-electron chi connectivity index (χ2n) is 5.43. The first-order valence-electron chi connectivity index (χ1n) is 7.33. The summed E-state index contributed by atoms with van der Waals surface area (Å²) < 4.78 is 5.54. The fraction of sp³-hybridized carbons (Fsp3) is 0.294. The number of nitrogens with two attached hydrogens (primary N) is 2. The van der Waals surface area contributed by atoms with Crippen LogP contribution in [0.3, 0.4) is 0 Å². The van der Waals surface area contributed by atoms with Gasteiger partial charge in [0.25, 0.3) is 0 Å². The zero-order valence-electron chi connectivity index (χ0n) is 12.0. The molecule has 4 nitrogen and oxygen atoms in total. The molecule has 0 bridgehead atoms. The Balaban J connectivity index is 1.70. The van der Waals surface area contributed by atoms with E-state index in [2.05, 4.69) is 23.6 Å². The third-order valence-electron chi connectivity index (χ3n) is 4.05. The number of hydrogen-bond donors (Lipinski definition) is 3. The minimum absolute atomic E-state index is 0.0655. The molecule has 1 atom stereocenters. The number of nitrogens with one attached hydrogen (secondary N) is 1. The van der Waals surface area contributed by atoms with Gasteiger partial charge in [0.15, 0.2) is 0 Å². The summed E-state index contributed by atoms with van der Waals surface area (Å²) in [6, 6.07) is 14.4. The van der Waals surface area contributed by atoms with Crippen LogP contribution in [0.5, 0.6) is 5.75 Å². The number of hydrazine groups is 1. The van der Waals surface area contributed by atoms with Crippen molar-refractivity contribution >= 4 is 5.69 Å². The lowest BCUT2D eigenvalue weighted by atomic mass is 9.97. The fourth-order valence-electron chi connectivity index (χ4n) is 2.86. The SMILES string of the molecule is NNC(CCc1ccc2c(c1)CCO2)c1ccccc1N. The Morgan fingerprint density at radius 2 is 2.05 bits per heavy atom. The van der Waals surface area contributed by atoms with Gasteiger partial charge in [-0.3, -0.25) is 11.3 Å². The molecule has 2 aromatic rings. The second kappa shape index (κ2) is 6.16. The van der Waals surface area contributed by atoms with Gasteiger partial charge in [-0.05, 0) is 41.7 Å². The van der Waals surface area contributed by atoms with Gasteiger partial charge in [-0.15, -0.1) is 0 Å². The molecule has 0 fully saturated rings. The Labute approximate surface area is 125 Å². The van der Waals surface area contributed by atoms with Crippen LogP contribution in [0.2, 0.25) is 0 Å². The van der Waals surface area contributed by atoms with Gasteiger partial charge in [-0.2, -0.15) is 0 Å². The molecule has 0 aliphatic carbocycles. The van der Waals surface area contributed by atoms with Gasteiger partial charge < -0.3 is 10.5 Å². The number of anilines is 1. The molecule has 1 unspecified atom stereocenters. The van der Waals surface area contributed by atoms with Gasteiger partial charge in [0, 0.05) is 18.2 Å². The standard InChI is InChI=1S/C17H21N3O/c18-15-4-2-1-3-14(15)16(20-19)7-5-12-6-8-17-13(11-12)9-10-21-17/h1-4,6,8,11,16,20H,5,7,9-10,18-19H2. The van der Waals surface area contributed by atoms with Crippen molar-refractivity contribution in [1.82, 2.24) is 5.43 Å². The molecule has 0 radical (unpaired) electrons. The van der Waals surface area contributed by atoms with Crippen LogP contribution in [0, 0.1) is 0 Å². The van der Waals surface area contributed by atoms with Crippen LogP contribution in [-0.2, 0) is 12.8 Å². The van der Waals surface area contributed by atoms with E-state index in [9.17, 15) is 0 Å². The van der Waals surface area contributed by atoms with E-state index in [4.69, 9.17) is 16.3 Å². The minimum Gasteiger partial charge on any atom is -0.493 e. The number of nitrogen functional groups attached to an aromatic ring is 1. The predicted molar refractivity (Wildman–Crippen MR) is 84.9 cm³/mol. The molecule has 110 valence electrons. The third-order valence-corrected chi connectivity index (χ3v) is 4.05. The molecule has 1 heterocycles. The maximum Gasteiger partial charge on any atom is 0.122 e. The molecule has 4 heteroatoms. The van der Waals surface area contributed by atoms with Crippen LogP contribution >= 0.6 is 0 Å². The molecule has 0 amide bonds. The van der Waals surface area contributed by atoms with E-state index in [1.54, 1.807) is 0 Å². The van der Waals surface area contributed by atoms with Gasteiger partial charge in [0.2, 0.25) is 0 Å². The highest BCUT2D eigenvalue weighted by atomic mass is 16.5. The first-order valence-corrected chi connectivity index (χ1v) is 7.33. The average Bonchev–Trinajstić information content (AvgIpc) is 2.97. The summed E-state index contributed by atoms with van der Waals surface area (Å²) in [5.74, 6) is 6.73. The number of ether oxygens (including phenoxy) is 1. The molecule has 0 aromatic heterocycles. The van der Waals surface area contributed by atoms with Crippen molar-refractivity contribution in [2.45, 2.75) is 25.3 Å². The van der Waals surface area contributed by atoms with Crippen LogP contribution in [0.15, 0.2) is 42.5 Å². The summed E-state index contributed by atoms with van der Waals surface area (Å²) in [5, 5.41) is 0. The molecule has 0 spiro atoms. The second-order valence-corrected chi connectivity index (χ2v) is 5.43. The molecular weight excluding hydrogens is 262 g/mol. The largest absolute Gasteiger partial charge is 0.493 e. The topological polar surface area (TPSA) is 73.3 Å². The minimum atomic E-state index is 0.0655. The Morgan fingerprint density at radius 1 is 1.19 bits per heavy atom. The lowest BCUT2D eigenvalue weighted by molar-refractivity contribution is 0.357. The summed E-state index contributed by atoms with van der Waals surface area (Å²) in [6.45, 7) is 0.798. The van der Waals surface area contributed by atoms with Crippen molar-refractivity contribution in [3.63, 3.8) is 0 Å². The smallest absolute Gasteiger partial charge is 0.122 e. The molecule has 3 rings (SSSR count). The maximum atomic E-state index is 6.03. The normalized spacial score (nSPS) is 14.5. The fourth-order valence-corrected chi connectivity index (χ4v) is 2.86. The van der Waals surface area contributed by atoms with Gasteiger partial charge in [0.1, 0.15) is 5.75 Å². The summed E-state index contributed by atoms with van der Waals surface area (Å²) in [5.41, 5.74) is 13.4. The Kier molecular flexibility index (Phi) is 4.08. The number of rotatable bonds is 5. The number of fused-ring (bicyclic) bond motifs is 1. The van der Waals surface area contributed by atoms with Crippen molar-refractivity contribution in [3.05, 3.63) is 59.2 Å². The highest BCUT2D eigenvalue weighted by molar-refractivity contribution is 5.48. The quantitative estimate of drug-likeness (QED) is 0.447. The van der Waals surface area contributed by atoms with Gasteiger partial charge in [-0.1, -0.05) is 30.3 Å². The van der Waals surface area contributed by atoms with E-state index in [0.717, 1.165) is 42.9 Å². The van der Waals surface area contributed by atoms with E-state index in [-0.39, 0.29) is 6.04 Å². The summed E-state index contributed by atoms with van der Waals surface area (Å²) in [4.78, 5) is 0. The van der Waals surface area contributed by atoms with E-state index in [1.165, 1.54) is 11.1 Å². The zero-order valence-corrected chi connectivity index (χ0v) is 12.0. The Hall–Kier alpha value is -2.04.